The first-order valence-electron chi connectivity index (χ1n) is 7.02. The van der Waals surface area contributed by atoms with Gasteiger partial charge in [0.2, 0.25) is 0 Å². The molecule has 1 aliphatic heterocycles. The van der Waals surface area contributed by atoms with E-state index < -0.39 is 0 Å². The highest BCUT2D eigenvalue weighted by molar-refractivity contribution is 9.10. The molecule has 2 aromatic carbocycles. The number of ether oxygens (including phenoxy) is 1. The number of hydrogen-bond acceptors (Lipinski definition) is 3. The van der Waals surface area contributed by atoms with E-state index in [4.69, 9.17) is 4.74 Å². The number of rotatable bonds is 4. The van der Waals surface area contributed by atoms with Crippen LogP contribution < -0.4 is 0 Å². The zero-order valence-corrected chi connectivity index (χ0v) is 13.4. The number of cyclic esters (lactones) is 1. The molecule has 3 nitrogen and oxygen atoms in total. The molecular weight excluding hydrogens is 342 g/mol. The number of nitrogens with zero attached hydrogens (tertiary/aromatic N) is 1. The molecule has 0 amide bonds. The summed E-state index contributed by atoms with van der Waals surface area (Å²) >= 11 is 3.45. The number of aliphatic imine (C=N–C) groups is 1. The highest BCUT2D eigenvalue weighted by Crippen LogP contribution is 2.22. The third-order valence-electron chi connectivity index (χ3n) is 3.33. The van der Waals surface area contributed by atoms with E-state index in [9.17, 15) is 4.79 Å². The average molecular weight is 356 g/mol. The quantitative estimate of drug-likeness (QED) is 0.602. The third-order valence-corrected chi connectivity index (χ3v) is 4.05. The van der Waals surface area contributed by atoms with E-state index >= 15 is 0 Å². The van der Waals surface area contributed by atoms with Gasteiger partial charge in [-0.15, -0.1) is 0 Å². The number of hydrogen-bond donors (Lipinski definition) is 0. The molecule has 0 unspecified atom stereocenters. The molecule has 0 saturated carbocycles. The van der Waals surface area contributed by atoms with Crippen molar-refractivity contribution < 1.29 is 9.53 Å². The summed E-state index contributed by atoms with van der Waals surface area (Å²) in [5, 5.41) is 0. The van der Waals surface area contributed by atoms with E-state index in [0.29, 0.717) is 18.0 Å². The third kappa shape index (κ3) is 3.52. The van der Waals surface area contributed by atoms with Gasteiger partial charge in [-0.25, -0.2) is 9.79 Å². The monoisotopic (exact) mass is 355 g/mol. The van der Waals surface area contributed by atoms with Crippen LogP contribution >= 0.6 is 15.9 Å². The molecule has 4 heteroatoms. The summed E-state index contributed by atoms with van der Waals surface area (Å²) in [6.45, 7) is 0. The van der Waals surface area contributed by atoms with Gasteiger partial charge in [0.25, 0.3) is 0 Å². The number of carbonyl (C=O) groups is 1. The molecule has 0 atom stereocenters. The normalized spacial score (nSPS) is 15.8. The van der Waals surface area contributed by atoms with E-state index in [1.807, 2.05) is 42.5 Å². The lowest BCUT2D eigenvalue weighted by molar-refractivity contribution is -0.130. The van der Waals surface area contributed by atoms with Crippen molar-refractivity contribution in [2.75, 3.05) is 0 Å². The maximum absolute atomic E-state index is 11.9. The molecule has 110 valence electrons. The Morgan fingerprint density at radius 3 is 2.50 bits per heavy atom. The summed E-state index contributed by atoms with van der Waals surface area (Å²) < 4.78 is 6.15. The van der Waals surface area contributed by atoms with Gasteiger partial charge in [0.05, 0.1) is 0 Å². The standard InChI is InChI=1S/C18H14BrNO2/c19-15-9-5-4-8-14(15)12-16-18(21)22-17(20-16)11-10-13-6-2-1-3-7-13/h1-9,12H,10-11H2/b16-12-. The fourth-order valence-electron chi connectivity index (χ4n) is 2.20. The second kappa shape index (κ2) is 6.71. The van der Waals surface area contributed by atoms with Crippen LogP contribution in [0, 0.1) is 0 Å². The predicted octanol–water partition coefficient (Wildman–Crippen LogP) is 4.38. The molecule has 0 aromatic heterocycles. The van der Waals surface area contributed by atoms with Crippen molar-refractivity contribution in [1.82, 2.24) is 0 Å². The minimum atomic E-state index is -0.390. The van der Waals surface area contributed by atoms with Crippen molar-refractivity contribution in [3.05, 3.63) is 75.9 Å². The van der Waals surface area contributed by atoms with Gasteiger partial charge >= 0.3 is 5.97 Å². The highest BCUT2D eigenvalue weighted by Gasteiger charge is 2.22. The van der Waals surface area contributed by atoms with E-state index in [2.05, 4.69) is 33.1 Å². The molecule has 0 fully saturated rings. The first-order valence-corrected chi connectivity index (χ1v) is 7.81. The fourth-order valence-corrected chi connectivity index (χ4v) is 2.59. The second-order valence-electron chi connectivity index (χ2n) is 4.93. The van der Waals surface area contributed by atoms with Crippen molar-refractivity contribution in [3.8, 4) is 0 Å². The minimum absolute atomic E-state index is 0.343. The molecule has 3 rings (SSSR count). The van der Waals surface area contributed by atoms with Crippen LogP contribution in [-0.2, 0) is 16.0 Å². The van der Waals surface area contributed by atoms with Crippen molar-refractivity contribution in [2.24, 2.45) is 4.99 Å². The first-order chi connectivity index (χ1) is 10.7. The lowest BCUT2D eigenvalue weighted by Gasteiger charge is -1.99. The highest BCUT2D eigenvalue weighted by atomic mass is 79.9. The van der Waals surface area contributed by atoms with Crippen molar-refractivity contribution in [1.29, 1.82) is 0 Å². The lowest BCUT2D eigenvalue weighted by Crippen LogP contribution is -2.05. The molecule has 0 spiro atoms. The summed E-state index contributed by atoms with van der Waals surface area (Å²) in [6.07, 6.45) is 3.15. The van der Waals surface area contributed by atoms with Gasteiger partial charge in [0.15, 0.2) is 11.6 Å². The molecule has 0 aliphatic carbocycles. The van der Waals surface area contributed by atoms with Gasteiger partial charge in [-0.1, -0.05) is 64.5 Å². The van der Waals surface area contributed by atoms with E-state index in [1.165, 1.54) is 5.56 Å². The molecule has 0 N–H and O–H groups in total. The number of esters is 1. The topological polar surface area (TPSA) is 38.7 Å². The van der Waals surface area contributed by atoms with E-state index in [1.54, 1.807) is 6.08 Å². The molecule has 0 saturated heterocycles. The number of halogens is 1. The summed E-state index contributed by atoms with van der Waals surface area (Å²) in [5.41, 5.74) is 2.45. The Hall–Kier alpha value is -2.20. The molecule has 1 aliphatic rings. The molecule has 2 aromatic rings. The van der Waals surface area contributed by atoms with Gasteiger partial charge in [-0.2, -0.15) is 0 Å². The SMILES string of the molecule is O=C1OC(CCc2ccccc2)=N/C1=C\c1ccccc1Br. The summed E-state index contributed by atoms with van der Waals surface area (Å²) in [5.74, 6) is 0.0889. The van der Waals surface area contributed by atoms with Crippen LogP contribution in [0.25, 0.3) is 6.08 Å². The Labute approximate surface area is 137 Å². The molecule has 0 bridgehead atoms. The van der Waals surface area contributed by atoms with Gasteiger partial charge in [0, 0.05) is 10.9 Å². The smallest absolute Gasteiger partial charge is 0.363 e. The fraction of sp³-hybridized carbons (Fsp3) is 0.111. The van der Waals surface area contributed by atoms with Crippen molar-refractivity contribution >= 4 is 33.9 Å². The summed E-state index contributed by atoms with van der Waals surface area (Å²) in [6, 6.07) is 17.8. The van der Waals surface area contributed by atoms with Gasteiger partial charge in [0.1, 0.15) is 0 Å². The van der Waals surface area contributed by atoms with Crippen LogP contribution in [0.4, 0.5) is 0 Å². The number of benzene rings is 2. The first kappa shape index (κ1) is 14.7. The van der Waals surface area contributed by atoms with E-state index in [-0.39, 0.29) is 5.97 Å². The van der Waals surface area contributed by atoms with Crippen LogP contribution in [0.15, 0.2) is 69.8 Å². The van der Waals surface area contributed by atoms with Crippen LogP contribution in [0.2, 0.25) is 0 Å². The molecule has 0 radical (unpaired) electrons. The van der Waals surface area contributed by atoms with Crippen LogP contribution in [0.3, 0.4) is 0 Å². The summed E-state index contributed by atoms with van der Waals surface area (Å²) in [4.78, 5) is 16.2. The Balaban J connectivity index is 1.73. The van der Waals surface area contributed by atoms with Crippen molar-refractivity contribution in [2.45, 2.75) is 12.8 Å². The van der Waals surface area contributed by atoms with Gasteiger partial charge in [-0.05, 0) is 29.7 Å². The molecule has 22 heavy (non-hydrogen) atoms. The maximum Gasteiger partial charge on any atom is 0.363 e. The number of aryl methyl sites for hydroxylation is 1. The minimum Gasteiger partial charge on any atom is -0.407 e. The van der Waals surface area contributed by atoms with Crippen LogP contribution in [-0.4, -0.2) is 11.9 Å². The predicted molar refractivity (Wildman–Crippen MR) is 90.4 cm³/mol. The Morgan fingerprint density at radius 1 is 1.00 bits per heavy atom. The maximum atomic E-state index is 11.9. The summed E-state index contributed by atoms with van der Waals surface area (Å²) in [7, 11) is 0. The molecule has 1 heterocycles. The Bertz CT molecular complexity index is 751. The average Bonchev–Trinajstić information content (AvgIpc) is 2.89. The van der Waals surface area contributed by atoms with Crippen LogP contribution in [0.1, 0.15) is 17.5 Å². The molecular formula is C18H14BrNO2. The van der Waals surface area contributed by atoms with Gasteiger partial charge in [-0.3, -0.25) is 0 Å². The van der Waals surface area contributed by atoms with E-state index in [0.717, 1.165) is 16.5 Å². The zero-order valence-electron chi connectivity index (χ0n) is 11.8. The number of carbonyl (C=O) groups excluding carboxylic acids is 1. The Kier molecular flexibility index (Phi) is 4.49. The van der Waals surface area contributed by atoms with Crippen LogP contribution in [0.5, 0.6) is 0 Å². The van der Waals surface area contributed by atoms with Gasteiger partial charge < -0.3 is 4.74 Å². The largest absolute Gasteiger partial charge is 0.407 e. The van der Waals surface area contributed by atoms with Crippen molar-refractivity contribution in [3.63, 3.8) is 0 Å². The second-order valence-corrected chi connectivity index (χ2v) is 5.79. The zero-order chi connectivity index (χ0) is 15.4. The Morgan fingerprint density at radius 2 is 1.73 bits per heavy atom. The lowest BCUT2D eigenvalue weighted by atomic mass is 10.1.